The number of carbonyl (C=O) groups is 6. The molecule has 6 aliphatic rings. The number of carbonyl (C=O) groups excluding carboxylic acids is 6. The fourth-order valence-electron chi connectivity index (χ4n) is 11.7. The van der Waals surface area contributed by atoms with Gasteiger partial charge in [0, 0.05) is 59.7 Å². The summed E-state index contributed by atoms with van der Waals surface area (Å²) in [6.45, 7) is 23.0. The van der Waals surface area contributed by atoms with Crippen LogP contribution in [0.4, 0.5) is 4.39 Å². The molecule has 24 heteroatoms. The van der Waals surface area contributed by atoms with Crippen molar-refractivity contribution in [3.8, 4) is 23.1 Å². The monoisotopic (exact) mass is 1270 g/mol. The molecule has 4 aromatic rings. The summed E-state index contributed by atoms with van der Waals surface area (Å²) in [5, 5.41) is 7.54. The van der Waals surface area contributed by atoms with Gasteiger partial charge in [-0.25, -0.2) is 31.2 Å². The molecule has 4 amide bonds. The molecular weight excluding hydrogens is 1200 g/mol. The number of nitrogens with zero attached hydrogens (tertiary/aromatic N) is 4. The molecule has 2 aliphatic heterocycles. The lowest BCUT2D eigenvalue weighted by Crippen LogP contribution is -2.55. The highest BCUT2D eigenvalue weighted by atomic mass is 35.5. The minimum absolute atomic E-state index is 0.0654. The zero-order valence-electron chi connectivity index (χ0n) is 51.5. The summed E-state index contributed by atoms with van der Waals surface area (Å²) >= 11 is 6.34. The van der Waals surface area contributed by atoms with Crippen LogP contribution in [0.3, 0.4) is 0 Å². The van der Waals surface area contributed by atoms with Gasteiger partial charge in [-0.3, -0.25) is 28.8 Å². The van der Waals surface area contributed by atoms with Gasteiger partial charge in [0.2, 0.25) is 29.5 Å². The molecule has 2 N–H and O–H groups in total. The molecular formula is C64H80ClFN6O14S2. The lowest BCUT2D eigenvalue weighted by Gasteiger charge is -2.33. The maximum absolute atomic E-state index is 14.6. The second-order valence-corrected chi connectivity index (χ2v) is 31.6. The van der Waals surface area contributed by atoms with Crippen LogP contribution >= 0.6 is 11.6 Å². The standard InChI is InChI=1S/C32H40ClN3O7S.C32H40FN3O7S/c1-7-20-15-32(20,27(37)17-44(40,41)22-8-9-22)35-29(38)24-13-21(16-36(24)30(39)18(2)31(3,4)5)43-26-14-23-19(12-25(26)42-6)10-11-34-28(23)33;1-7-20-15-32(20,27(37)17-44(40,41)22-8-9-22)35-28(38)25-13-21(16-36(25)30(39)18(2)31(3,4)5)43-29-23-14-24(33)26(42-6)12-19(23)10-11-34-29/h7,10-12,14,18,20-22,24H,1,8-9,13,15-17H2,2-6H3,(H,35,38);7,10-12,14,18,20-22,25H,1,8-9,13,15-17H2,2-6H3,(H,35,38)/t18-,20-,21-,24+,32-;18-,20-,21-,25+,32-/m11/s1. The van der Waals surface area contributed by atoms with Crippen LogP contribution in [0.25, 0.3) is 21.5 Å². The molecule has 2 aromatic heterocycles. The third-order valence-electron chi connectivity index (χ3n) is 18.6. The summed E-state index contributed by atoms with van der Waals surface area (Å²) in [4.78, 5) is 93.7. The van der Waals surface area contributed by atoms with Crippen LogP contribution in [0.2, 0.25) is 5.15 Å². The zero-order chi connectivity index (χ0) is 64.4. The van der Waals surface area contributed by atoms with E-state index < -0.39 is 129 Å². The number of fused-ring (bicyclic) bond motifs is 2. The molecule has 10 atom stereocenters. The van der Waals surface area contributed by atoms with Crippen LogP contribution < -0.4 is 29.6 Å². The average molecular weight is 1280 g/mol. The molecule has 0 unspecified atom stereocenters. The maximum Gasteiger partial charge on any atom is 0.243 e. The Balaban J connectivity index is 0.000000209. The third kappa shape index (κ3) is 13.6. The van der Waals surface area contributed by atoms with E-state index in [0.717, 1.165) is 5.39 Å². The highest BCUT2D eigenvalue weighted by Crippen LogP contribution is 2.49. The Hall–Kier alpha value is -6.72. The van der Waals surface area contributed by atoms with E-state index in [9.17, 15) is 50.0 Å². The summed E-state index contributed by atoms with van der Waals surface area (Å²) in [7, 11) is -4.28. The number of pyridine rings is 2. The van der Waals surface area contributed by atoms with Crippen LogP contribution in [-0.4, -0.2) is 156 Å². The second-order valence-electron chi connectivity index (χ2n) is 26.7. The number of halogens is 2. The summed E-state index contributed by atoms with van der Waals surface area (Å²) < 4.78 is 88.4. The van der Waals surface area contributed by atoms with Gasteiger partial charge in [0.05, 0.1) is 37.8 Å². The topological polar surface area (TPSA) is 264 Å². The molecule has 2 saturated heterocycles. The summed E-state index contributed by atoms with van der Waals surface area (Å²) in [5.41, 5.74) is -3.50. The number of Topliss-reactive ketones (excluding diaryl/α,β-unsaturated/α-hetero) is 2. The van der Waals surface area contributed by atoms with Gasteiger partial charge in [0.15, 0.2) is 54.3 Å². The molecule has 4 aliphatic carbocycles. The van der Waals surface area contributed by atoms with E-state index in [-0.39, 0.29) is 73.5 Å². The number of amides is 4. The molecule has 10 rings (SSSR count). The molecule has 4 saturated carbocycles. The van der Waals surface area contributed by atoms with Crippen molar-refractivity contribution in [2.45, 2.75) is 153 Å². The van der Waals surface area contributed by atoms with E-state index in [1.807, 2.05) is 48.5 Å². The highest BCUT2D eigenvalue weighted by Gasteiger charge is 2.63. The Bertz CT molecular complexity index is 3720. The number of sulfone groups is 2. The van der Waals surface area contributed by atoms with Crippen molar-refractivity contribution in [2.75, 3.05) is 38.8 Å². The van der Waals surface area contributed by atoms with Crippen LogP contribution in [0, 0.1) is 40.3 Å². The first kappa shape index (κ1) is 65.7. The van der Waals surface area contributed by atoms with Gasteiger partial charge < -0.3 is 39.4 Å². The largest absolute Gasteiger partial charge is 0.494 e. The molecule has 0 radical (unpaired) electrons. The third-order valence-corrected chi connectivity index (χ3v) is 23.2. The van der Waals surface area contributed by atoms with Gasteiger partial charge in [0.25, 0.3) is 0 Å². The number of ether oxygens (including phenoxy) is 4. The predicted octanol–water partition coefficient (Wildman–Crippen LogP) is 7.75. The van der Waals surface area contributed by atoms with E-state index in [1.165, 1.54) is 42.3 Å². The average Bonchev–Trinajstić information content (AvgIpc) is 1.62. The van der Waals surface area contributed by atoms with Gasteiger partial charge in [-0.2, -0.15) is 0 Å². The first-order valence-electron chi connectivity index (χ1n) is 29.8. The van der Waals surface area contributed by atoms with Crippen molar-refractivity contribution in [1.29, 1.82) is 0 Å². The van der Waals surface area contributed by atoms with E-state index in [1.54, 1.807) is 49.5 Å². The smallest absolute Gasteiger partial charge is 0.243 e. The normalized spacial score (nSPS) is 25.8. The minimum atomic E-state index is -3.60. The molecule has 20 nitrogen and oxygen atoms in total. The fraction of sp³-hybridized carbons (Fsp3) is 0.562. The van der Waals surface area contributed by atoms with Gasteiger partial charge >= 0.3 is 0 Å². The summed E-state index contributed by atoms with van der Waals surface area (Å²) in [6.07, 6.45) is 7.93. The van der Waals surface area contributed by atoms with Gasteiger partial charge in [-0.1, -0.05) is 79.1 Å². The number of hydrogen-bond acceptors (Lipinski definition) is 16. The minimum Gasteiger partial charge on any atom is -0.494 e. The zero-order valence-corrected chi connectivity index (χ0v) is 53.9. The van der Waals surface area contributed by atoms with Crippen LogP contribution in [0.15, 0.2) is 74.1 Å². The van der Waals surface area contributed by atoms with Crippen molar-refractivity contribution in [2.24, 2.45) is 34.5 Å². The number of ketones is 2. The number of aromatic nitrogens is 2. The van der Waals surface area contributed by atoms with Crippen molar-refractivity contribution < 1.29 is 68.9 Å². The van der Waals surface area contributed by atoms with Gasteiger partial charge in [-0.05, 0) is 96.5 Å². The van der Waals surface area contributed by atoms with Crippen molar-refractivity contribution >= 4 is 88.0 Å². The summed E-state index contributed by atoms with van der Waals surface area (Å²) in [5.74, 6) is -5.10. The molecule has 476 valence electrons. The Morgan fingerprint density at radius 1 is 0.670 bits per heavy atom. The molecule has 4 heterocycles. The highest BCUT2D eigenvalue weighted by molar-refractivity contribution is 7.93. The number of hydrogen-bond donors (Lipinski definition) is 2. The quantitative estimate of drug-likeness (QED) is 0.0562. The van der Waals surface area contributed by atoms with Crippen molar-refractivity contribution in [1.82, 2.24) is 30.4 Å². The Morgan fingerprint density at radius 2 is 1.10 bits per heavy atom. The molecule has 88 heavy (non-hydrogen) atoms. The van der Waals surface area contributed by atoms with E-state index in [2.05, 4.69) is 33.8 Å². The van der Waals surface area contributed by atoms with E-state index in [0.29, 0.717) is 58.5 Å². The molecule has 0 bridgehead atoms. The molecule has 0 spiro atoms. The van der Waals surface area contributed by atoms with Crippen LogP contribution in [0.1, 0.15) is 107 Å². The van der Waals surface area contributed by atoms with Crippen LogP contribution in [-0.2, 0) is 48.4 Å². The lowest BCUT2D eigenvalue weighted by atomic mass is 9.81. The molecule has 6 fully saturated rings. The Morgan fingerprint density at radius 3 is 1.52 bits per heavy atom. The first-order valence-corrected chi connectivity index (χ1v) is 33.6. The first-order chi connectivity index (χ1) is 41.2. The van der Waals surface area contributed by atoms with E-state index in [4.69, 9.17) is 30.5 Å². The van der Waals surface area contributed by atoms with Crippen molar-refractivity contribution in [3.63, 3.8) is 0 Å². The van der Waals surface area contributed by atoms with E-state index >= 15 is 0 Å². The Labute approximate surface area is 518 Å². The number of likely N-dealkylation sites (tertiary alicyclic amines) is 2. The maximum atomic E-state index is 14.6. The second kappa shape index (κ2) is 24.6. The van der Waals surface area contributed by atoms with Crippen molar-refractivity contribution in [3.05, 3.63) is 85.1 Å². The number of rotatable bonds is 22. The predicted molar refractivity (Wildman–Crippen MR) is 330 cm³/mol. The van der Waals surface area contributed by atoms with Gasteiger partial charge in [0.1, 0.15) is 52.0 Å². The molecule has 2 aromatic carbocycles. The Kier molecular flexibility index (Phi) is 18.4. The number of methoxy groups -OCH3 is 2. The number of nitrogens with one attached hydrogen (secondary N) is 2. The number of benzene rings is 2. The summed E-state index contributed by atoms with van der Waals surface area (Å²) in [6, 6.07) is 7.90. The van der Waals surface area contributed by atoms with Crippen LogP contribution in [0.5, 0.6) is 23.1 Å². The SMILES string of the molecule is C=C[C@@H]1C[C@]1(NC(=O)[C@@H]1C[C@@H](Oc2cc3c(Cl)nccc3cc2OC)CN1C(=O)[C@@H](C)C(C)(C)C)C(=O)CS(=O)(=O)C1CC1.C=C[C@@H]1C[C@]1(NC(=O)[C@@H]1C[C@@H](Oc2nccc3cc(OC)c(F)cc23)CN1C(=O)[C@@H](C)C(C)(C)C)C(=O)CS(=O)(=O)C1CC1. The fourth-order valence-corrected chi connectivity index (χ4v) is 15.3. The van der Waals surface area contributed by atoms with Gasteiger partial charge in [-0.15, -0.1) is 13.2 Å². The lowest BCUT2D eigenvalue weighted by molar-refractivity contribution is -0.144.